The summed E-state index contributed by atoms with van der Waals surface area (Å²) in [5.74, 6) is -2.87. The second kappa shape index (κ2) is 6.30. The Kier molecular flexibility index (Phi) is 4.66. The summed E-state index contributed by atoms with van der Waals surface area (Å²) in [6, 6.07) is -0.515. The maximum Gasteiger partial charge on any atom is 0.248 e. The summed E-state index contributed by atoms with van der Waals surface area (Å²) in [6.07, 6.45) is 3.11. The van der Waals surface area contributed by atoms with Gasteiger partial charge in [-0.15, -0.1) is 0 Å². The first-order valence-electron chi connectivity index (χ1n) is 6.85. The van der Waals surface area contributed by atoms with Crippen LogP contribution in [0.3, 0.4) is 0 Å². The van der Waals surface area contributed by atoms with Gasteiger partial charge in [-0.2, -0.15) is 0 Å². The van der Waals surface area contributed by atoms with Crippen molar-refractivity contribution in [2.45, 2.75) is 37.6 Å². The topological polar surface area (TPSA) is 92.9 Å². The number of hydrogen-bond acceptors (Lipinski definition) is 5. The van der Waals surface area contributed by atoms with Crippen LogP contribution in [0.15, 0.2) is 12.4 Å². The molecule has 1 fully saturated rings. The van der Waals surface area contributed by atoms with E-state index in [1.54, 1.807) is 7.05 Å². The largest absolute Gasteiger partial charge is 0.368 e. The number of nitrogens with zero attached hydrogens (tertiary/aromatic N) is 2. The first-order chi connectivity index (χ1) is 9.91. The fourth-order valence-corrected chi connectivity index (χ4v) is 2.60. The zero-order chi connectivity index (χ0) is 15.5. The van der Waals surface area contributed by atoms with Gasteiger partial charge in [0, 0.05) is 12.8 Å². The highest BCUT2D eigenvalue weighted by Gasteiger charge is 2.39. The summed E-state index contributed by atoms with van der Waals surface area (Å²) in [4.78, 5) is 19.8. The third kappa shape index (κ3) is 4.07. The van der Waals surface area contributed by atoms with Crippen molar-refractivity contribution in [2.24, 2.45) is 5.92 Å². The third-order valence-corrected chi connectivity index (χ3v) is 3.77. The second-order valence-corrected chi connectivity index (χ2v) is 5.28. The standard InChI is InChI=1S/C13H19F2N5O/c1-17-10(8-2-4-13(14,15)5-3-8)11(21)20-9-6-18-12(16)19-7-9/h6-8,10,17H,2-5H2,1H3,(H,20,21)(H2,16,18,19). The predicted molar refractivity (Wildman–Crippen MR) is 74.8 cm³/mol. The molecule has 1 aromatic rings. The van der Waals surface area contributed by atoms with E-state index < -0.39 is 12.0 Å². The van der Waals surface area contributed by atoms with E-state index >= 15 is 0 Å². The zero-order valence-corrected chi connectivity index (χ0v) is 11.8. The van der Waals surface area contributed by atoms with Crippen LogP contribution in [0.1, 0.15) is 25.7 Å². The van der Waals surface area contributed by atoms with Gasteiger partial charge in [-0.3, -0.25) is 4.79 Å². The molecule has 1 aliphatic carbocycles. The molecule has 1 unspecified atom stereocenters. The van der Waals surface area contributed by atoms with E-state index in [1.165, 1.54) is 12.4 Å². The van der Waals surface area contributed by atoms with E-state index in [1.807, 2.05) is 0 Å². The summed E-state index contributed by atoms with van der Waals surface area (Å²) in [6.45, 7) is 0. The van der Waals surface area contributed by atoms with Crippen molar-refractivity contribution in [1.29, 1.82) is 0 Å². The van der Waals surface area contributed by atoms with Crippen molar-refractivity contribution in [3.05, 3.63) is 12.4 Å². The SMILES string of the molecule is CNC(C(=O)Nc1cnc(N)nc1)C1CCC(F)(F)CC1. The van der Waals surface area contributed by atoms with Gasteiger partial charge in [-0.1, -0.05) is 0 Å². The van der Waals surface area contributed by atoms with E-state index in [-0.39, 0.29) is 30.6 Å². The molecule has 4 N–H and O–H groups in total. The molecule has 0 aliphatic heterocycles. The van der Waals surface area contributed by atoms with E-state index in [0.29, 0.717) is 18.5 Å². The summed E-state index contributed by atoms with van der Waals surface area (Å²) in [5.41, 5.74) is 5.79. The van der Waals surface area contributed by atoms with E-state index in [0.717, 1.165) is 0 Å². The molecule has 1 aromatic heterocycles. The normalized spacial score (nSPS) is 20.0. The number of carbonyl (C=O) groups excluding carboxylic acids is 1. The molecular weight excluding hydrogens is 280 g/mol. The van der Waals surface area contributed by atoms with Gasteiger partial charge < -0.3 is 16.4 Å². The lowest BCUT2D eigenvalue weighted by Gasteiger charge is -2.32. The molecule has 116 valence electrons. The first-order valence-corrected chi connectivity index (χ1v) is 6.85. The number of rotatable bonds is 4. The number of nitrogen functional groups attached to an aromatic ring is 1. The van der Waals surface area contributed by atoms with Crippen LogP contribution in [0.2, 0.25) is 0 Å². The second-order valence-electron chi connectivity index (χ2n) is 5.28. The minimum absolute atomic E-state index is 0.107. The molecule has 8 heteroatoms. The Bertz CT molecular complexity index is 484. The van der Waals surface area contributed by atoms with Crippen molar-refractivity contribution in [3.8, 4) is 0 Å². The van der Waals surface area contributed by atoms with Gasteiger partial charge in [-0.25, -0.2) is 18.7 Å². The number of aromatic nitrogens is 2. The van der Waals surface area contributed by atoms with Crippen molar-refractivity contribution in [1.82, 2.24) is 15.3 Å². The number of likely N-dealkylation sites (N-methyl/N-ethyl adjacent to an activating group) is 1. The van der Waals surface area contributed by atoms with Crippen LogP contribution < -0.4 is 16.4 Å². The molecule has 21 heavy (non-hydrogen) atoms. The lowest BCUT2D eigenvalue weighted by atomic mass is 9.81. The molecule has 2 rings (SSSR count). The molecule has 1 saturated carbocycles. The lowest BCUT2D eigenvalue weighted by Crippen LogP contribution is -2.46. The number of carbonyl (C=O) groups is 1. The first kappa shape index (κ1) is 15.6. The van der Waals surface area contributed by atoms with E-state index in [9.17, 15) is 13.6 Å². The highest BCUT2D eigenvalue weighted by atomic mass is 19.3. The Morgan fingerprint density at radius 3 is 2.48 bits per heavy atom. The van der Waals surface area contributed by atoms with Crippen LogP contribution in [0.25, 0.3) is 0 Å². The highest BCUT2D eigenvalue weighted by molar-refractivity contribution is 5.94. The Labute approximate surface area is 121 Å². The monoisotopic (exact) mass is 299 g/mol. The molecule has 1 aliphatic rings. The fourth-order valence-electron chi connectivity index (χ4n) is 2.60. The Balaban J connectivity index is 1.97. The molecule has 1 atom stereocenters. The average Bonchev–Trinajstić information content (AvgIpc) is 2.44. The lowest BCUT2D eigenvalue weighted by molar-refractivity contribution is -0.121. The van der Waals surface area contributed by atoms with Gasteiger partial charge in [0.2, 0.25) is 17.8 Å². The number of halogens is 2. The Morgan fingerprint density at radius 1 is 1.38 bits per heavy atom. The van der Waals surface area contributed by atoms with Gasteiger partial charge in [0.05, 0.1) is 24.1 Å². The maximum atomic E-state index is 13.2. The molecule has 0 saturated heterocycles. The summed E-state index contributed by atoms with van der Waals surface area (Å²) < 4.78 is 26.4. The Morgan fingerprint density at radius 2 is 1.95 bits per heavy atom. The number of alkyl halides is 2. The molecule has 1 heterocycles. The molecule has 0 aromatic carbocycles. The Hall–Kier alpha value is -1.83. The minimum Gasteiger partial charge on any atom is -0.368 e. The molecule has 0 bridgehead atoms. The quantitative estimate of drug-likeness (QED) is 0.781. The molecular formula is C13H19F2N5O. The van der Waals surface area contributed by atoms with Crippen LogP contribution in [0.4, 0.5) is 20.4 Å². The average molecular weight is 299 g/mol. The number of amides is 1. The van der Waals surface area contributed by atoms with Crippen molar-refractivity contribution in [3.63, 3.8) is 0 Å². The van der Waals surface area contributed by atoms with Gasteiger partial charge >= 0.3 is 0 Å². The maximum absolute atomic E-state index is 13.2. The van der Waals surface area contributed by atoms with E-state index in [2.05, 4.69) is 20.6 Å². The van der Waals surface area contributed by atoms with Gasteiger partial charge in [0.25, 0.3) is 0 Å². The summed E-state index contributed by atoms with van der Waals surface area (Å²) >= 11 is 0. The molecule has 6 nitrogen and oxygen atoms in total. The number of nitrogens with two attached hydrogens (primary N) is 1. The highest BCUT2D eigenvalue weighted by Crippen LogP contribution is 2.37. The van der Waals surface area contributed by atoms with Crippen molar-refractivity contribution in [2.75, 3.05) is 18.1 Å². The predicted octanol–water partition coefficient (Wildman–Crippen LogP) is 1.41. The van der Waals surface area contributed by atoms with Crippen LogP contribution >= 0.6 is 0 Å². The number of hydrogen-bond donors (Lipinski definition) is 3. The number of anilines is 2. The van der Waals surface area contributed by atoms with Crippen LogP contribution in [-0.2, 0) is 4.79 Å². The zero-order valence-electron chi connectivity index (χ0n) is 11.8. The van der Waals surface area contributed by atoms with Gasteiger partial charge in [-0.05, 0) is 25.8 Å². The summed E-state index contributed by atoms with van der Waals surface area (Å²) in [7, 11) is 1.65. The molecule has 1 amide bonds. The molecule has 0 spiro atoms. The molecule has 0 radical (unpaired) electrons. The summed E-state index contributed by atoms with van der Waals surface area (Å²) in [5, 5.41) is 5.58. The van der Waals surface area contributed by atoms with Crippen LogP contribution in [-0.4, -0.2) is 34.9 Å². The van der Waals surface area contributed by atoms with Crippen molar-refractivity contribution >= 4 is 17.5 Å². The third-order valence-electron chi connectivity index (χ3n) is 3.77. The van der Waals surface area contributed by atoms with Gasteiger partial charge in [0.15, 0.2) is 0 Å². The van der Waals surface area contributed by atoms with Gasteiger partial charge in [0.1, 0.15) is 0 Å². The number of nitrogens with one attached hydrogen (secondary N) is 2. The smallest absolute Gasteiger partial charge is 0.248 e. The minimum atomic E-state index is -2.60. The van der Waals surface area contributed by atoms with Crippen molar-refractivity contribution < 1.29 is 13.6 Å². The van der Waals surface area contributed by atoms with E-state index in [4.69, 9.17) is 5.73 Å². The fraction of sp³-hybridized carbons (Fsp3) is 0.615. The van der Waals surface area contributed by atoms with Crippen LogP contribution in [0, 0.1) is 5.92 Å². The van der Waals surface area contributed by atoms with Crippen LogP contribution in [0.5, 0.6) is 0 Å².